The number of rotatable bonds is 14. The minimum absolute atomic E-state index is 0.261. The topological polar surface area (TPSA) is 22.1 Å². The van der Waals surface area contributed by atoms with Crippen LogP contribution in [0, 0.1) is 11.3 Å². The lowest BCUT2D eigenvalue weighted by molar-refractivity contribution is 0.271. The number of hydrogen-bond acceptors (Lipinski definition) is 2. The highest BCUT2D eigenvalue weighted by Gasteiger charge is 2.21. The third kappa shape index (κ3) is 10.2. The van der Waals surface area contributed by atoms with Crippen molar-refractivity contribution >= 4 is 41.4 Å². The van der Waals surface area contributed by atoms with Crippen LogP contribution in [0.25, 0.3) is 6.08 Å². The summed E-state index contributed by atoms with van der Waals surface area (Å²) in [6, 6.07) is 27.5. The van der Waals surface area contributed by atoms with E-state index in [2.05, 4.69) is 121 Å². The van der Waals surface area contributed by atoms with Crippen LogP contribution in [0.5, 0.6) is 0 Å². The molecule has 1 heterocycles. The zero-order valence-electron chi connectivity index (χ0n) is 22.1. The van der Waals surface area contributed by atoms with Gasteiger partial charge in [-0.15, -0.1) is 0 Å². The molecule has 0 fully saturated rings. The number of nitrogens with zero attached hydrogens (tertiary/aromatic N) is 1. The van der Waals surface area contributed by atoms with E-state index in [1.807, 2.05) is 12.1 Å². The van der Waals surface area contributed by atoms with Crippen LogP contribution >= 0.6 is 15.9 Å². The van der Waals surface area contributed by atoms with Crippen molar-refractivity contribution in [3.63, 3.8) is 0 Å². The predicted molar refractivity (Wildman–Crippen MR) is 160 cm³/mol. The maximum Gasteiger partial charge on any atom is 0.282 e. The van der Waals surface area contributed by atoms with E-state index in [0.717, 1.165) is 23.3 Å². The fraction of sp³-hybridized carbons (Fsp3) is 0.406. The van der Waals surface area contributed by atoms with Crippen LogP contribution in [0.15, 0.2) is 89.5 Å². The quantitative estimate of drug-likeness (QED) is 0.112. The summed E-state index contributed by atoms with van der Waals surface area (Å²) in [6.07, 6.45) is 13.4. The summed E-state index contributed by atoms with van der Waals surface area (Å²) >= 11 is 3.47. The molecule has 0 bridgehead atoms. The van der Waals surface area contributed by atoms with Crippen LogP contribution in [0.1, 0.15) is 71.4 Å². The van der Waals surface area contributed by atoms with Crippen molar-refractivity contribution in [2.45, 2.75) is 65.7 Å². The van der Waals surface area contributed by atoms with Gasteiger partial charge in [-0.1, -0.05) is 126 Å². The number of benzene rings is 2. The SMILES string of the molecule is CC(C)(C)C(/C=C/c1cccc(Br)n1)CCCCCCCCO[Si](c1ccccc1)c1ccccc1. The number of pyridine rings is 1. The molecule has 1 radical (unpaired) electrons. The molecule has 0 saturated carbocycles. The molecule has 0 aliphatic rings. The normalized spacial score (nSPS) is 12.9. The van der Waals surface area contributed by atoms with Crippen LogP contribution in [-0.2, 0) is 4.43 Å². The molecule has 4 heteroatoms. The second kappa shape index (κ2) is 15.3. The van der Waals surface area contributed by atoms with E-state index < -0.39 is 9.04 Å². The molecular weight excluding hydrogens is 522 g/mol. The Hall–Kier alpha value is -2.01. The van der Waals surface area contributed by atoms with Gasteiger partial charge in [0.1, 0.15) is 4.60 Å². The minimum Gasteiger partial charge on any atom is -0.407 e. The largest absolute Gasteiger partial charge is 0.407 e. The van der Waals surface area contributed by atoms with E-state index in [-0.39, 0.29) is 5.41 Å². The maximum absolute atomic E-state index is 6.47. The summed E-state index contributed by atoms with van der Waals surface area (Å²) < 4.78 is 7.36. The van der Waals surface area contributed by atoms with Crippen molar-refractivity contribution in [3.8, 4) is 0 Å². The molecule has 1 unspecified atom stereocenters. The highest BCUT2D eigenvalue weighted by Crippen LogP contribution is 2.32. The summed E-state index contributed by atoms with van der Waals surface area (Å²) in [6.45, 7) is 7.88. The van der Waals surface area contributed by atoms with Gasteiger partial charge < -0.3 is 4.43 Å². The molecule has 0 amide bonds. The molecule has 0 N–H and O–H groups in total. The molecule has 2 aromatic carbocycles. The second-order valence-corrected chi connectivity index (χ2v) is 13.5. The fourth-order valence-electron chi connectivity index (χ4n) is 4.41. The highest BCUT2D eigenvalue weighted by atomic mass is 79.9. The first-order valence-corrected chi connectivity index (χ1v) is 15.5. The van der Waals surface area contributed by atoms with Gasteiger partial charge in [0.05, 0.1) is 5.69 Å². The minimum atomic E-state index is -1.17. The standard InChI is InChI=1S/C32H41BrNOSi/c1-32(2,3)27(24-25-28-18-16-23-31(33)34-28)17-10-6-4-5-7-15-26-35-36(29-19-11-8-12-20-29)30-21-13-9-14-22-30/h8-9,11-14,16,18-25,27H,4-7,10,15,17,26H2,1-3H3/b25-24+. The monoisotopic (exact) mass is 562 g/mol. The van der Waals surface area contributed by atoms with E-state index >= 15 is 0 Å². The van der Waals surface area contributed by atoms with Gasteiger partial charge in [0.2, 0.25) is 0 Å². The van der Waals surface area contributed by atoms with Gasteiger partial charge >= 0.3 is 0 Å². The molecular formula is C32H41BrNOSi. The van der Waals surface area contributed by atoms with Crippen molar-refractivity contribution in [2.75, 3.05) is 6.61 Å². The van der Waals surface area contributed by atoms with Gasteiger partial charge in [0.15, 0.2) is 0 Å². The average molecular weight is 564 g/mol. The maximum atomic E-state index is 6.47. The summed E-state index contributed by atoms with van der Waals surface area (Å²) in [5.74, 6) is 0.559. The Morgan fingerprint density at radius 3 is 1.94 bits per heavy atom. The molecule has 0 aliphatic heterocycles. The Labute approximate surface area is 229 Å². The van der Waals surface area contributed by atoms with Gasteiger partial charge in [-0.2, -0.15) is 0 Å². The van der Waals surface area contributed by atoms with E-state index in [1.165, 1.54) is 48.9 Å². The summed E-state index contributed by atoms with van der Waals surface area (Å²) in [5.41, 5.74) is 1.28. The van der Waals surface area contributed by atoms with Crippen LogP contribution in [-0.4, -0.2) is 20.6 Å². The number of hydrogen-bond donors (Lipinski definition) is 0. The third-order valence-electron chi connectivity index (χ3n) is 6.58. The molecule has 1 aromatic heterocycles. The summed E-state index contributed by atoms with van der Waals surface area (Å²) in [7, 11) is -1.17. The first-order valence-electron chi connectivity index (χ1n) is 13.3. The fourth-order valence-corrected chi connectivity index (χ4v) is 6.77. The second-order valence-electron chi connectivity index (χ2n) is 10.5. The summed E-state index contributed by atoms with van der Waals surface area (Å²) in [4.78, 5) is 4.54. The van der Waals surface area contributed by atoms with E-state index in [1.54, 1.807) is 0 Å². The first kappa shape index (κ1) is 28.6. The van der Waals surface area contributed by atoms with Gasteiger partial charge in [-0.3, -0.25) is 0 Å². The van der Waals surface area contributed by atoms with Crippen LogP contribution in [0.3, 0.4) is 0 Å². The smallest absolute Gasteiger partial charge is 0.282 e. The molecule has 0 saturated heterocycles. The highest BCUT2D eigenvalue weighted by molar-refractivity contribution is 9.10. The zero-order chi connectivity index (χ0) is 25.6. The van der Waals surface area contributed by atoms with E-state index in [4.69, 9.17) is 4.43 Å². The molecule has 1 atom stereocenters. The van der Waals surface area contributed by atoms with Gasteiger partial charge in [0.25, 0.3) is 9.04 Å². The molecule has 0 aliphatic carbocycles. The Bertz CT molecular complexity index is 993. The lowest BCUT2D eigenvalue weighted by Crippen LogP contribution is -2.45. The predicted octanol–water partition coefficient (Wildman–Crippen LogP) is 8.07. The van der Waals surface area contributed by atoms with Gasteiger partial charge in [-0.25, -0.2) is 4.98 Å². The van der Waals surface area contributed by atoms with Crippen molar-refractivity contribution in [3.05, 3.63) is 95.2 Å². The Balaban J connectivity index is 1.35. The van der Waals surface area contributed by atoms with Crippen LogP contribution in [0.2, 0.25) is 0 Å². The number of unbranched alkanes of at least 4 members (excludes halogenated alkanes) is 5. The van der Waals surface area contributed by atoms with Crippen LogP contribution in [0.4, 0.5) is 0 Å². The molecule has 2 nitrogen and oxygen atoms in total. The Morgan fingerprint density at radius 1 is 0.778 bits per heavy atom. The van der Waals surface area contributed by atoms with Gasteiger partial charge in [-0.05, 0) is 68.7 Å². The molecule has 36 heavy (non-hydrogen) atoms. The lowest BCUT2D eigenvalue weighted by atomic mass is 9.77. The van der Waals surface area contributed by atoms with Crippen molar-refractivity contribution < 1.29 is 4.43 Å². The molecule has 3 aromatic rings. The molecule has 3 rings (SSSR count). The third-order valence-corrected chi connectivity index (χ3v) is 9.23. The number of allylic oxidation sites excluding steroid dienone is 1. The van der Waals surface area contributed by atoms with Crippen molar-refractivity contribution in [1.29, 1.82) is 0 Å². The van der Waals surface area contributed by atoms with Crippen molar-refractivity contribution in [1.82, 2.24) is 4.98 Å². The number of aromatic nitrogens is 1. The molecule has 191 valence electrons. The Morgan fingerprint density at radius 2 is 1.36 bits per heavy atom. The van der Waals surface area contributed by atoms with E-state index in [9.17, 15) is 0 Å². The zero-order valence-corrected chi connectivity index (χ0v) is 24.7. The van der Waals surface area contributed by atoms with Crippen molar-refractivity contribution in [2.24, 2.45) is 11.3 Å². The number of halogens is 1. The first-order chi connectivity index (χ1) is 17.4. The summed E-state index contributed by atoms with van der Waals surface area (Å²) in [5, 5.41) is 2.65. The van der Waals surface area contributed by atoms with Crippen LogP contribution < -0.4 is 10.4 Å². The average Bonchev–Trinajstić information content (AvgIpc) is 2.87. The Kier molecular flexibility index (Phi) is 12.1. The molecule has 0 spiro atoms. The van der Waals surface area contributed by atoms with Gasteiger partial charge in [0, 0.05) is 6.61 Å². The lowest BCUT2D eigenvalue weighted by Gasteiger charge is -2.28. The van der Waals surface area contributed by atoms with E-state index in [0.29, 0.717) is 5.92 Å².